The van der Waals surface area contributed by atoms with Gasteiger partial charge in [-0.15, -0.1) is 0 Å². The molecule has 0 aromatic heterocycles. The monoisotopic (exact) mass is 242 g/mol. The first-order valence-electron chi connectivity index (χ1n) is 6.24. The van der Waals surface area contributed by atoms with Crippen molar-refractivity contribution in [3.63, 3.8) is 0 Å². The molecule has 0 aromatic rings. The zero-order valence-electron chi connectivity index (χ0n) is 11.1. The van der Waals surface area contributed by atoms with Crippen LogP contribution in [0.25, 0.3) is 0 Å². The molecule has 3 atom stereocenters. The summed E-state index contributed by atoms with van der Waals surface area (Å²) in [5.41, 5.74) is 0. The highest BCUT2D eigenvalue weighted by Gasteiger charge is 2.34. The Hall–Kier alpha value is -1.06. The molecule has 0 aromatic carbocycles. The predicted octanol–water partition coefficient (Wildman–Crippen LogP) is 2.16. The summed E-state index contributed by atoms with van der Waals surface area (Å²) < 4.78 is 9.64. The molecule has 1 saturated carbocycles. The van der Waals surface area contributed by atoms with E-state index in [0.29, 0.717) is 17.8 Å². The molecule has 4 nitrogen and oxygen atoms in total. The predicted molar refractivity (Wildman–Crippen MR) is 63.2 cm³/mol. The van der Waals surface area contributed by atoms with Crippen LogP contribution in [0.1, 0.15) is 40.0 Å². The van der Waals surface area contributed by atoms with Gasteiger partial charge >= 0.3 is 11.9 Å². The number of esters is 2. The summed E-state index contributed by atoms with van der Waals surface area (Å²) in [7, 11) is 1.19. The normalized spacial score (nSPS) is 28.9. The van der Waals surface area contributed by atoms with Gasteiger partial charge in [-0.1, -0.05) is 27.2 Å². The highest BCUT2D eigenvalue weighted by atomic mass is 16.6. The number of rotatable bonds is 2. The lowest BCUT2D eigenvalue weighted by Crippen LogP contribution is -2.37. The van der Waals surface area contributed by atoms with Crippen LogP contribution in [0, 0.1) is 17.8 Å². The van der Waals surface area contributed by atoms with Crippen molar-refractivity contribution >= 4 is 11.9 Å². The van der Waals surface area contributed by atoms with Crippen molar-refractivity contribution in [2.45, 2.75) is 46.1 Å². The molecule has 2 unspecified atom stereocenters. The Morgan fingerprint density at radius 3 is 2.35 bits per heavy atom. The summed E-state index contributed by atoms with van der Waals surface area (Å²) >= 11 is 0. The number of methoxy groups -OCH3 is 1. The average molecular weight is 242 g/mol. The fraction of sp³-hybridized carbons (Fsp3) is 0.846. The van der Waals surface area contributed by atoms with E-state index < -0.39 is 11.9 Å². The topological polar surface area (TPSA) is 52.6 Å². The lowest BCUT2D eigenvalue weighted by Gasteiger charge is -2.36. The molecule has 0 radical (unpaired) electrons. The van der Waals surface area contributed by atoms with Crippen molar-refractivity contribution < 1.29 is 19.1 Å². The first-order valence-corrected chi connectivity index (χ1v) is 6.24. The van der Waals surface area contributed by atoms with Crippen LogP contribution in [-0.4, -0.2) is 25.2 Å². The molecule has 1 rings (SSSR count). The van der Waals surface area contributed by atoms with Crippen LogP contribution in [0.5, 0.6) is 0 Å². The number of ether oxygens (including phenoxy) is 2. The Labute approximate surface area is 103 Å². The summed E-state index contributed by atoms with van der Waals surface area (Å²) in [6.07, 6.45) is 2.91. The van der Waals surface area contributed by atoms with Crippen LogP contribution in [0.15, 0.2) is 0 Å². The van der Waals surface area contributed by atoms with Crippen LogP contribution in [0.4, 0.5) is 0 Å². The SMILES string of the molecule is COC(=O)C(=O)OC1CC(C)CC[C@H]1C(C)C. The summed E-state index contributed by atoms with van der Waals surface area (Å²) in [6.45, 7) is 6.40. The highest BCUT2D eigenvalue weighted by molar-refractivity contribution is 6.29. The van der Waals surface area contributed by atoms with Crippen molar-refractivity contribution in [2.75, 3.05) is 7.11 Å². The van der Waals surface area contributed by atoms with Gasteiger partial charge in [-0.2, -0.15) is 0 Å². The van der Waals surface area contributed by atoms with Crippen molar-refractivity contribution in [1.29, 1.82) is 0 Å². The molecule has 0 heterocycles. The summed E-state index contributed by atoms with van der Waals surface area (Å²) in [5.74, 6) is -0.429. The maximum absolute atomic E-state index is 11.4. The van der Waals surface area contributed by atoms with Gasteiger partial charge in [0.2, 0.25) is 0 Å². The van der Waals surface area contributed by atoms with Crippen molar-refractivity contribution in [1.82, 2.24) is 0 Å². The Bertz CT molecular complexity index is 285. The largest absolute Gasteiger partial charge is 0.461 e. The second-order valence-electron chi connectivity index (χ2n) is 5.26. The first kappa shape index (κ1) is 14.0. The Morgan fingerprint density at radius 2 is 1.82 bits per heavy atom. The van der Waals surface area contributed by atoms with E-state index in [1.165, 1.54) is 7.11 Å². The minimum absolute atomic E-state index is 0.148. The molecule has 98 valence electrons. The molecule has 1 aliphatic carbocycles. The number of hydrogen-bond acceptors (Lipinski definition) is 4. The first-order chi connectivity index (χ1) is 7.95. The second-order valence-corrected chi connectivity index (χ2v) is 5.26. The van der Waals surface area contributed by atoms with Gasteiger partial charge in [0.15, 0.2) is 0 Å². The van der Waals surface area contributed by atoms with Gasteiger partial charge in [-0.05, 0) is 30.6 Å². The van der Waals surface area contributed by atoms with E-state index in [9.17, 15) is 9.59 Å². The summed E-state index contributed by atoms with van der Waals surface area (Å²) in [5, 5.41) is 0. The second kappa shape index (κ2) is 6.03. The van der Waals surface area contributed by atoms with E-state index in [0.717, 1.165) is 19.3 Å². The Morgan fingerprint density at radius 1 is 1.18 bits per heavy atom. The molecule has 1 fully saturated rings. The van der Waals surface area contributed by atoms with Gasteiger partial charge in [0.1, 0.15) is 6.10 Å². The van der Waals surface area contributed by atoms with E-state index >= 15 is 0 Å². The molecule has 17 heavy (non-hydrogen) atoms. The van der Waals surface area contributed by atoms with Gasteiger partial charge in [-0.3, -0.25) is 0 Å². The molecular formula is C13H22O4. The molecular weight excluding hydrogens is 220 g/mol. The zero-order chi connectivity index (χ0) is 13.0. The van der Waals surface area contributed by atoms with Crippen LogP contribution in [0.2, 0.25) is 0 Å². The van der Waals surface area contributed by atoms with E-state index in [2.05, 4.69) is 25.5 Å². The van der Waals surface area contributed by atoms with Crippen molar-refractivity contribution in [3.05, 3.63) is 0 Å². The van der Waals surface area contributed by atoms with Gasteiger partial charge in [0.05, 0.1) is 7.11 Å². The summed E-state index contributed by atoms with van der Waals surface area (Å²) in [6, 6.07) is 0. The lowest BCUT2D eigenvalue weighted by atomic mass is 9.75. The molecule has 0 N–H and O–H groups in total. The standard InChI is InChI=1S/C13H22O4/c1-8(2)10-6-5-9(3)7-11(10)17-13(15)12(14)16-4/h8-11H,5-7H2,1-4H3/t9?,10-,11?/m0/s1. The minimum atomic E-state index is -0.911. The summed E-state index contributed by atoms with van der Waals surface area (Å²) in [4.78, 5) is 22.5. The number of carbonyl (C=O) groups excluding carboxylic acids is 2. The third-order valence-electron chi connectivity index (χ3n) is 3.57. The smallest absolute Gasteiger partial charge is 0.417 e. The van der Waals surface area contributed by atoms with Gasteiger partial charge in [-0.25, -0.2) is 9.59 Å². The molecule has 0 spiro atoms. The molecule has 0 aliphatic heterocycles. The minimum Gasteiger partial charge on any atom is -0.461 e. The quantitative estimate of drug-likeness (QED) is 0.550. The van der Waals surface area contributed by atoms with Gasteiger partial charge in [0, 0.05) is 0 Å². The Kier molecular flexibility index (Phi) is 4.97. The lowest BCUT2D eigenvalue weighted by molar-refractivity contribution is -0.173. The maximum atomic E-state index is 11.4. The van der Waals surface area contributed by atoms with Gasteiger partial charge in [0.25, 0.3) is 0 Å². The fourth-order valence-electron chi connectivity index (χ4n) is 2.52. The van der Waals surface area contributed by atoms with E-state index in [4.69, 9.17) is 4.74 Å². The van der Waals surface area contributed by atoms with Crippen LogP contribution in [0.3, 0.4) is 0 Å². The molecule has 1 aliphatic rings. The molecule has 0 amide bonds. The highest BCUT2D eigenvalue weighted by Crippen LogP contribution is 2.35. The number of hydrogen-bond donors (Lipinski definition) is 0. The molecule has 4 heteroatoms. The van der Waals surface area contributed by atoms with Crippen molar-refractivity contribution in [2.24, 2.45) is 17.8 Å². The molecule has 0 saturated heterocycles. The fourth-order valence-corrected chi connectivity index (χ4v) is 2.52. The third kappa shape index (κ3) is 3.72. The third-order valence-corrected chi connectivity index (χ3v) is 3.57. The van der Waals surface area contributed by atoms with Crippen LogP contribution < -0.4 is 0 Å². The van der Waals surface area contributed by atoms with Crippen molar-refractivity contribution in [3.8, 4) is 0 Å². The maximum Gasteiger partial charge on any atom is 0.417 e. The zero-order valence-corrected chi connectivity index (χ0v) is 11.1. The van der Waals surface area contributed by atoms with Gasteiger partial charge < -0.3 is 9.47 Å². The van der Waals surface area contributed by atoms with E-state index in [-0.39, 0.29) is 6.10 Å². The average Bonchev–Trinajstić information content (AvgIpc) is 2.27. The van der Waals surface area contributed by atoms with Crippen LogP contribution >= 0.6 is 0 Å². The van der Waals surface area contributed by atoms with E-state index in [1.807, 2.05) is 0 Å². The van der Waals surface area contributed by atoms with E-state index in [1.54, 1.807) is 0 Å². The van der Waals surface area contributed by atoms with Crippen LogP contribution in [-0.2, 0) is 19.1 Å². The number of carbonyl (C=O) groups is 2. The molecule has 0 bridgehead atoms. The Balaban J connectivity index is 2.63.